The van der Waals surface area contributed by atoms with Gasteiger partial charge >= 0.3 is 0 Å². The molecule has 106 valence electrons. The summed E-state index contributed by atoms with van der Waals surface area (Å²) < 4.78 is 0. The fraction of sp³-hybridized carbons (Fsp3) is 0.421. The highest BCUT2D eigenvalue weighted by atomic mass is 14.7. The normalized spacial score (nSPS) is 32.0. The van der Waals surface area contributed by atoms with Crippen molar-refractivity contribution in [2.45, 2.75) is 33.6 Å². The Morgan fingerprint density at radius 2 is 2.19 bits per heavy atom. The van der Waals surface area contributed by atoms with Crippen molar-refractivity contribution >= 4 is 13.4 Å². The predicted molar refractivity (Wildman–Crippen MR) is 89.9 cm³/mol. The van der Waals surface area contributed by atoms with Crippen LogP contribution in [0.15, 0.2) is 48.1 Å². The maximum absolute atomic E-state index is 6.07. The fourth-order valence-corrected chi connectivity index (χ4v) is 3.79. The van der Waals surface area contributed by atoms with E-state index in [0.29, 0.717) is 11.3 Å². The van der Waals surface area contributed by atoms with Crippen molar-refractivity contribution in [2.24, 2.45) is 17.3 Å². The molecule has 1 heterocycles. The second kappa shape index (κ2) is 5.33. The van der Waals surface area contributed by atoms with Gasteiger partial charge in [0.2, 0.25) is 0 Å². The van der Waals surface area contributed by atoms with Crippen molar-refractivity contribution < 1.29 is 0 Å². The first-order valence-corrected chi connectivity index (χ1v) is 7.81. The molecule has 0 spiro atoms. The second-order valence-corrected chi connectivity index (χ2v) is 6.53. The lowest BCUT2D eigenvalue weighted by atomic mass is 9.72. The number of pyridine rings is 1. The number of rotatable bonds is 3. The van der Waals surface area contributed by atoms with Gasteiger partial charge in [-0.15, -0.1) is 5.47 Å². The molecule has 3 atom stereocenters. The summed E-state index contributed by atoms with van der Waals surface area (Å²) >= 11 is 0. The van der Waals surface area contributed by atoms with E-state index in [2.05, 4.69) is 56.1 Å². The van der Waals surface area contributed by atoms with Gasteiger partial charge in [0.1, 0.15) is 7.85 Å². The van der Waals surface area contributed by atoms with Crippen LogP contribution in [0.3, 0.4) is 0 Å². The Hall–Kier alpha value is -1.57. The van der Waals surface area contributed by atoms with Gasteiger partial charge in [-0.05, 0) is 67.2 Å². The molecule has 2 radical (unpaired) electrons. The Kier molecular flexibility index (Phi) is 3.65. The molecule has 1 nitrogen and oxygen atoms in total. The lowest BCUT2D eigenvalue weighted by Crippen LogP contribution is -2.20. The van der Waals surface area contributed by atoms with E-state index in [4.69, 9.17) is 7.85 Å². The monoisotopic (exact) mass is 275 g/mol. The Morgan fingerprint density at radius 3 is 2.81 bits per heavy atom. The second-order valence-electron chi connectivity index (χ2n) is 6.53. The molecule has 1 saturated carbocycles. The minimum absolute atomic E-state index is 0.295. The predicted octanol–water partition coefficient (Wildman–Crippen LogP) is 4.45. The van der Waals surface area contributed by atoms with E-state index in [0.717, 1.165) is 23.5 Å². The molecule has 0 N–H and O–H groups in total. The van der Waals surface area contributed by atoms with Crippen LogP contribution in [0, 0.1) is 24.2 Å². The van der Waals surface area contributed by atoms with Gasteiger partial charge in [-0.25, -0.2) is 0 Å². The summed E-state index contributed by atoms with van der Waals surface area (Å²) in [7, 11) is 6.07. The number of aryl methyl sites for hydroxylation is 1. The highest BCUT2D eigenvalue weighted by Crippen LogP contribution is 2.63. The summed E-state index contributed by atoms with van der Waals surface area (Å²) in [6, 6.07) is 4.22. The van der Waals surface area contributed by atoms with Crippen molar-refractivity contribution in [1.82, 2.24) is 4.98 Å². The minimum atomic E-state index is 0.295. The van der Waals surface area contributed by atoms with Crippen molar-refractivity contribution in [3.05, 3.63) is 59.4 Å². The van der Waals surface area contributed by atoms with Crippen molar-refractivity contribution in [3.63, 3.8) is 0 Å². The molecule has 21 heavy (non-hydrogen) atoms. The third-order valence-electron chi connectivity index (χ3n) is 5.04. The van der Waals surface area contributed by atoms with Gasteiger partial charge in [0, 0.05) is 6.20 Å². The molecule has 1 fully saturated rings. The van der Waals surface area contributed by atoms with Crippen LogP contribution < -0.4 is 0 Å². The lowest BCUT2D eigenvalue weighted by Gasteiger charge is -2.30. The number of nitrogens with zero attached hydrogens (tertiary/aromatic N) is 1. The van der Waals surface area contributed by atoms with E-state index < -0.39 is 0 Å². The van der Waals surface area contributed by atoms with Crippen LogP contribution >= 0.6 is 0 Å². The number of aromatic nitrogens is 1. The first-order valence-electron chi connectivity index (χ1n) is 7.81. The molecule has 3 unspecified atom stereocenters. The maximum atomic E-state index is 6.07. The third kappa shape index (κ3) is 2.52. The van der Waals surface area contributed by atoms with Gasteiger partial charge in [-0.1, -0.05) is 31.2 Å². The molecule has 0 amide bonds. The lowest BCUT2D eigenvalue weighted by molar-refractivity contribution is 0.437. The average Bonchev–Trinajstić information content (AvgIpc) is 3.10. The van der Waals surface area contributed by atoms with Crippen LogP contribution in [0.25, 0.3) is 5.57 Å². The quantitative estimate of drug-likeness (QED) is 0.586. The topological polar surface area (TPSA) is 12.9 Å². The van der Waals surface area contributed by atoms with Crippen LogP contribution in [0.1, 0.15) is 37.9 Å². The summed E-state index contributed by atoms with van der Waals surface area (Å²) in [4.78, 5) is 4.60. The van der Waals surface area contributed by atoms with Gasteiger partial charge < -0.3 is 0 Å². The molecule has 0 saturated heterocycles. The summed E-state index contributed by atoms with van der Waals surface area (Å²) in [6.45, 7) is 6.58. The van der Waals surface area contributed by atoms with Gasteiger partial charge in [0.05, 0.1) is 5.69 Å². The molecule has 1 aromatic heterocycles. The van der Waals surface area contributed by atoms with Crippen LogP contribution in [0.2, 0.25) is 0 Å². The van der Waals surface area contributed by atoms with Gasteiger partial charge in [0.15, 0.2) is 0 Å². The summed E-state index contributed by atoms with van der Waals surface area (Å²) in [5.74, 6) is 1.23. The van der Waals surface area contributed by atoms with Crippen LogP contribution in [0.4, 0.5) is 0 Å². The Labute approximate surface area is 129 Å². The minimum Gasteiger partial charge on any atom is -0.257 e. The molecule has 0 bridgehead atoms. The van der Waals surface area contributed by atoms with Gasteiger partial charge in [0.25, 0.3) is 0 Å². The van der Waals surface area contributed by atoms with E-state index in [9.17, 15) is 0 Å². The van der Waals surface area contributed by atoms with Gasteiger partial charge in [-0.3, -0.25) is 4.98 Å². The highest BCUT2D eigenvalue weighted by molar-refractivity contribution is 6.24. The zero-order chi connectivity index (χ0) is 15.0. The van der Waals surface area contributed by atoms with Crippen LogP contribution in [0.5, 0.6) is 0 Å². The van der Waals surface area contributed by atoms with E-state index in [1.165, 1.54) is 17.6 Å². The zero-order valence-electron chi connectivity index (χ0n) is 13.1. The standard InChI is InChI=1S/C19H22BN/c1-4-8-19(12-14(19)3)17-6-5-15(20)11-16(17)18-10-13(2)7-9-21-18/h4-5,7-11,14,17H,6,12H2,1-3H3. The Morgan fingerprint density at radius 1 is 1.43 bits per heavy atom. The fourth-order valence-electron chi connectivity index (χ4n) is 3.79. The maximum Gasteiger partial charge on any atom is 0.113 e. The molecule has 2 aliphatic carbocycles. The van der Waals surface area contributed by atoms with Crippen molar-refractivity contribution in [2.75, 3.05) is 0 Å². The summed E-state index contributed by atoms with van der Waals surface area (Å²) in [5, 5.41) is 0. The average molecular weight is 275 g/mol. The van der Waals surface area contributed by atoms with E-state index in [-0.39, 0.29) is 0 Å². The number of allylic oxidation sites excluding steroid dienone is 6. The molecule has 3 rings (SSSR count). The molecule has 2 aliphatic rings. The molecule has 2 heteroatoms. The van der Waals surface area contributed by atoms with E-state index >= 15 is 0 Å². The smallest absolute Gasteiger partial charge is 0.113 e. The van der Waals surface area contributed by atoms with E-state index in [1.54, 1.807) is 0 Å². The number of hydrogen-bond acceptors (Lipinski definition) is 1. The molecule has 0 aliphatic heterocycles. The Balaban J connectivity index is 2.04. The first-order chi connectivity index (χ1) is 10.1. The largest absolute Gasteiger partial charge is 0.257 e. The number of hydrogen-bond donors (Lipinski definition) is 0. The summed E-state index contributed by atoms with van der Waals surface area (Å²) in [6.07, 6.45) is 13.1. The van der Waals surface area contributed by atoms with Crippen molar-refractivity contribution in [3.8, 4) is 0 Å². The molecule has 0 aromatic carbocycles. The van der Waals surface area contributed by atoms with E-state index in [1.807, 2.05) is 12.3 Å². The molecular formula is C19H22BN. The Bertz CT molecular complexity index is 641. The summed E-state index contributed by atoms with van der Waals surface area (Å²) in [5.41, 5.74) is 4.80. The van der Waals surface area contributed by atoms with Crippen LogP contribution in [-0.2, 0) is 0 Å². The molecule has 1 aromatic rings. The SMILES string of the molecule is [B]C1=CCC(C2(C=CC)CC2C)C(c2cc(C)ccn2)=C1. The third-order valence-corrected chi connectivity index (χ3v) is 5.04. The highest BCUT2D eigenvalue weighted by Gasteiger charge is 2.55. The van der Waals surface area contributed by atoms with Gasteiger partial charge in [-0.2, -0.15) is 0 Å². The van der Waals surface area contributed by atoms with Crippen molar-refractivity contribution in [1.29, 1.82) is 0 Å². The first kappa shape index (κ1) is 14.4. The molecular weight excluding hydrogens is 253 g/mol. The zero-order valence-corrected chi connectivity index (χ0v) is 13.1. The van der Waals surface area contributed by atoms with Crippen LogP contribution in [-0.4, -0.2) is 12.8 Å².